The van der Waals surface area contributed by atoms with E-state index < -0.39 is 11.9 Å². The van der Waals surface area contributed by atoms with Crippen molar-refractivity contribution in [3.8, 4) is 11.3 Å². The molecule has 1 aliphatic carbocycles. The maximum atomic E-state index is 13.3. The fourth-order valence-corrected chi connectivity index (χ4v) is 10.8. The maximum absolute atomic E-state index is 13.3. The van der Waals surface area contributed by atoms with Crippen molar-refractivity contribution < 1.29 is 14.4 Å². The van der Waals surface area contributed by atoms with Gasteiger partial charge in [-0.1, -0.05) is 6.07 Å². The summed E-state index contributed by atoms with van der Waals surface area (Å²) in [5.74, 6) is 0.390. The summed E-state index contributed by atoms with van der Waals surface area (Å²) in [4.78, 5) is 66.0. The summed E-state index contributed by atoms with van der Waals surface area (Å²) in [7, 11) is 1.76. The second kappa shape index (κ2) is 14.7. The van der Waals surface area contributed by atoms with E-state index in [9.17, 15) is 19.2 Å². The molecule has 0 radical (unpaired) electrons. The van der Waals surface area contributed by atoms with Crippen LogP contribution < -0.4 is 26.5 Å². The molecule has 3 fully saturated rings. The van der Waals surface area contributed by atoms with Gasteiger partial charge >= 0.3 is 5.69 Å². The second-order valence-electron chi connectivity index (χ2n) is 16.6. The van der Waals surface area contributed by atoms with E-state index in [0.717, 1.165) is 105 Å². The van der Waals surface area contributed by atoms with Gasteiger partial charge in [0.05, 0.1) is 39.8 Å². The van der Waals surface area contributed by atoms with Crippen LogP contribution >= 0.6 is 11.3 Å². The Morgan fingerprint density at radius 1 is 0.879 bits per heavy atom. The first-order valence-electron chi connectivity index (χ1n) is 20.6. The number of fused-ring (bicyclic) bond motifs is 6. The number of imide groups is 1. The third kappa shape index (κ3) is 6.51. The Hall–Kier alpha value is -5.60. The number of carbonyl (C=O) groups excluding carboxylic acids is 3. The Labute approximate surface area is 339 Å². The monoisotopic (exact) mass is 797 g/mol. The lowest BCUT2D eigenvalue weighted by molar-refractivity contribution is -0.135. The van der Waals surface area contributed by atoms with Crippen LogP contribution in [0.3, 0.4) is 0 Å². The van der Waals surface area contributed by atoms with Crippen LogP contribution in [-0.4, -0.2) is 87.0 Å². The first-order valence-corrected chi connectivity index (χ1v) is 21.4. The third-order valence-corrected chi connectivity index (χ3v) is 14.1. The van der Waals surface area contributed by atoms with Gasteiger partial charge in [-0.15, -0.1) is 11.3 Å². The number of piperidine rings is 1. The number of hydrogen-bond donors (Lipinski definition) is 3. The highest BCUT2D eigenvalue weighted by atomic mass is 32.1. The van der Waals surface area contributed by atoms with Crippen molar-refractivity contribution >= 4 is 72.5 Å². The van der Waals surface area contributed by atoms with Crippen molar-refractivity contribution in [1.82, 2.24) is 34.6 Å². The molecule has 7 heterocycles. The first kappa shape index (κ1) is 36.7. The molecule has 58 heavy (non-hydrogen) atoms. The van der Waals surface area contributed by atoms with Crippen molar-refractivity contribution in [2.24, 2.45) is 13.0 Å². The van der Waals surface area contributed by atoms with Gasteiger partial charge in [0.25, 0.3) is 5.91 Å². The van der Waals surface area contributed by atoms with E-state index >= 15 is 0 Å². The van der Waals surface area contributed by atoms with Crippen LogP contribution in [0.2, 0.25) is 0 Å². The number of benzene rings is 2. The van der Waals surface area contributed by atoms with Gasteiger partial charge in [-0.05, 0) is 98.9 Å². The maximum Gasteiger partial charge on any atom is 0.329 e. The van der Waals surface area contributed by atoms with Gasteiger partial charge in [-0.25, -0.2) is 9.78 Å². The largest absolute Gasteiger partial charge is 0.381 e. The topological polar surface area (TPSA) is 146 Å². The Kier molecular flexibility index (Phi) is 9.28. The number of amides is 3. The fourth-order valence-electron chi connectivity index (χ4n) is 9.72. The number of anilines is 2. The number of carbonyl (C=O) groups is 3. The summed E-state index contributed by atoms with van der Waals surface area (Å²) in [6.45, 7) is 7.72. The van der Waals surface area contributed by atoms with Crippen molar-refractivity contribution in [2.45, 2.75) is 63.5 Å². The molecule has 2 saturated heterocycles. The molecule has 4 aromatic heterocycles. The first-order chi connectivity index (χ1) is 28.2. The average Bonchev–Trinajstić information content (AvgIpc) is 3.69. The van der Waals surface area contributed by atoms with E-state index in [1.807, 2.05) is 25.4 Å². The van der Waals surface area contributed by atoms with E-state index in [4.69, 9.17) is 4.98 Å². The lowest BCUT2D eigenvalue weighted by Crippen LogP contribution is -2.48. The smallest absolute Gasteiger partial charge is 0.329 e. The number of nitrogens with one attached hydrogen (secondary N) is 3. The second-order valence-corrected chi connectivity index (χ2v) is 17.7. The molecule has 1 unspecified atom stereocenters. The summed E-state index contributed by atoms with van der Waals surface area (Å²) >= 11 is 1.52. The molecular weight excluding hydrogens is 751 g/mol. The highest BCUT2D eigenvalue weighted by Crippen LogP contribution is 2.42. The van der Waals surface area contributed by atoms with Gasteiger partial charge in [0.15, 0.2) is 0 Å². The zero-order valence-corrected chi connectivity index (χ0v) is 33.6. The van der Waals surface area contributed by atoms with Crippen LogP contribution in [0.1, 0.15) is 72.6 Å². The quantitative estimate of drug-likeness (QED) is 0.179. The summed E-state index contributed by atoms with van der Waals surface area (Å²) in [5, 5.41) is 11.1. The number of hydrogen-bond acceptors (Lipinski definition) is 10. The zero-order chi connectivity index (χ0) is 39.7. The van der Waals surface area contributed by atoms with E-state index in [2.05, 4.69) is 73.2 Å². The highest BCUT2D eigenvalue weighted by Gasteiger charge is 2.32. The molecule has 13 nitrogen and oxygen atoms in total. The summed E-state index contributed by atoms with van der Waals surface area (Å²) in [5.41, 5.74) is 7.39. The molecule has 0 bridgehead atoms. The fraction of sp³-hybridized carbons (Fsp3) is 0.409. The molecule has 3 amide bonds. The summed E-state index contributed by atoms with van der Waals surface area (Å²) < 4.78 is 4.27. The van der Waals surface area contributed by atoms with Crippen LogP contribution in [0, 0.1) is 5.92 Å². The minimum atomic E-state index is -0.669. The SMILES string of the molecule is C[C@@H]1CNc2c(sc3ccc4nc(-c5cncc(N6CCN(CC7CCC(c8ccc9c(c8)n(C)c(=O)n9C8CCC(=O)NC8=O)CC7)CC6)c5)ccc4c23)C(=O)N1. The summed E-state index contributed by atoms with van der Waals surface area (Å²) in [6.07, 6.45) is 9.01. The molecule has 10 rings (SSSR count). The highest BCUT2D eigenvalue weighted by molar-refractivity contribution is 7.21. The zero-order valence-electron chi connectivity index (χ0n) is 32.8. The van der Waals surface area contributed by atoms with Crippen LogP contribution in [0.4, 0.5) is 11.4 Å². The molecule has 2 aromatic carbocycles. The van der Waals surface area contributed by atoms with Gasteiger partial charge in [0.2, 0.25) is 11.8 Å². The van der Waals surface area contributed by atoms with Crippen molar-refractivity contribution in [2.75, 3.05) is 49.5 Å². The van der Waals surface area contributed by atoms with Gasteiger partial charge in [-0.2, -0.15) is 0 Å². The molecule has 1 saturated carbocycles. The standard InChI is InChI=1S/C44H47N9O4S/c1-25-21-46-40-39-31-8-9-32(48-33(31)10-13-37(39)58-41(40)43(56)47-25)29-19-30(23-45-22-29)52-17-15-51(16-18-52)24-26-3-5-27(6-4-26)28-7-11-34-36(20-28)50(2)44(57)53(34)35-12-14-38(54)49-42(35)55/h7-11,13,19-20,22-23,25-27,35,46H,3-6,12,14-18,21,24H2,1-2H3,(H,47,56)(H,49,54,55)/t25-,26?,27?,35?/m1/s1. The Morgan fingerprint density at radius 2 is 1.71 bits per heavy atom. The molecule has 3 aliphatic heterocycles. The van der Waals surface area contributed by atoms with Crippen LogP contribution in [0.25, 0.3) is 43.3 Å². The number of pyridine rings is 2. The van der Waals surface area contributed by atoms with Crippen molar-refractivity contribution in [3.63, 3.8) is 0 Å². The number of imidazole rings is 1. The Bertz CT molecular complexity index is 2680. The van der Waals surface area contributed by atoms with E-state index in [1.54, 1.807) is 16.2 Å². The molecule has 2 atom stereocenters. The molecule has 6 aromatic rings. The Morgan fingerprint density at radius 3 is 2.52 bits per heavy atom. The predicted octanol–water partition coefficient (Wildman–Crippen LogP) is 5.78. The van der Waals surface area contributed by atoms with E-state index in [0.29, 0.717) is 24.8 Å². The number of rotatable bonds is 6. The van der Waals surface area contributed by atoms with E-state index in [1.165, 1.54) is 29.7 Å². The molecule has 298 valence electrons. The Balaban J connectivity index is 0.763. The minimum Gasteiger partial charge on any atom is -0.381 e. The molecule has 3 N–H and O–H groups in total. The number of thiophene rings is 1. The molecule has 0 spiro atoms. The van der Waals surface area contributed by atoms with Crippen LogP contribution in [0.15, 0.2) is 65.7 Å². The molecule has 14 heteroatoms. The minimum absolute atomic E-state index is 0.0248. The lowest BCUT2D eigenvalue weighted by Gasteiger charge is -2.39. The third-order valence-electron chi connectivity index (χ3n) is 12.9. The normalized spacial score (nSPS) is 23.1. The van der Waals surface area contributed by atoms with Crippen LogP contribution in [-0.2, 0) is 16.6 Å². The predicted molar refractivity (Wildman–Crippen MR) is 228 cm³/mol. The molecular formula is C44H47N9O4S. The van der Waals surface area contributed by atoms with Gasteiger partial charge in [0, 0.05) is 86.0 Å². The summed E-state index contributed by atoms with van der Waals surface area (Å²) in [6, 6.07) is 16.2. The van der Waals surface area contributed by atoms with Gasteiger partial charge in [-0.3, -0.25) is 38.7 Å². The van der Waals surface area contributed by atoms with Crippen molar-refractivity contribution in [3.05, 3.63) is 81.8 Å². The lowest BCUT2D eigenvalue weighted by atomic mass is 9.78. The average molecular weight is 798 g/mol. The van der Waals surface area contributed by atoms with Gasteiger partial charge < -0.3 is 15.5 Å². The van der Waals surface area contributed by atoms with Crippen LogP contribution in [0.5, 0.6) is 0 Å². The van der Waals surface area contributed by atoms with E-state index in [-0.39, 0.29) is 30.0 Å². The number of piperazine rings is 1. The number of aromatic nitrogens is 4. The molecule has 4 aliphatic rings. The van der Waals surface area contributed by atoms with Crippen molar-refractivity contribution in [1.29, 1.82) is 0 Å². The number of nitrogens with zero attached hydrogens (tertiary/aromatic N) is 6. The van der Waals surface area contributed by atoms with Gasteiger partial charge in [0.1, 0.15) is 10.9 Å². The number of aryl methyl sites for hydroxylation is 1.